The van der Waals surface area contributed by atoms with Crippen molar-refractivity contribution in [3.05, 3.63) is 47.8 Å². The SMILES string of the molecule is O=C(O)c1cc(CCS(=O)(=O)N2CCNCC2)nc(-c2ccccc2)n1. The van der Waals surface area contributed by atoms with Crippen molar-refractivity contribution in [2.24, 2.45) is 0 Å². The van der Waals surface area contributed by atoms with Gasteiger partial charge in [0.05, 0.1) is 5.75 Å². The molecule has 0 spiro atoms. The number of carboxylic acid groups (broad SMARTS) is 1. The van der Waals surface area contributed by atoms with E-state index in [1.165, 1.54) is 10.4 Å². The number of aromatic nitrogens is 2. The highest BCUT2D eigenvalue weighted by Crippen LogP contribution is 2.16. The molecule has 1 fully saturated rings. The number of aromatic carboxylic acids is 1. The lowest BCUT2D eigenvalue weighted by atomic mass is 10.2. The highest BCUT2D eigenvalue weighted by molar-refractivity contribution is 7.89. The summed E-state index contributed by atoms with van der Waals surface area (Å²) >= 11 is 0. The van der Waals surface area contributed by atoms with Crippen LogP contribution in [0.15, 0.2) is 36.4 Å². The molecule has 0 amide bonds. The van der Waals surface area contributed by atoms with Crippen molar-refractivity contribution in [3.8, 4) is 11.4 Å². The minimum absolute atomic E-state index is 0.114. The first-order valence-electron chi connectivity index (χ1n) is 8.31. The Morgan fingerprint density at radius 3 is 2.50 bits per heavy atom. The Labute approximate surface area is 152 Å². The van der Waals surface area contributed by atoms with Crippen molar-refractivity contribution in [1.29, 1.82) is 0 Å². The lowest BCUT2D eigenvalue weighted by Gasteiger charge is -2.26. The van der Waals surface area contributed by atoms with E-state index >= 15 is 0 Å². The predicted molar refractivity (Wildman–Crippen MR) is 96.4 cm³/mol. The summed E-state index contributed by atoms with van der Waals surface area (Å²) in [6, 6.07) is 10.3. The van der Waals surface area contributed by atoms with Crippen LogP contribution in [0, 0.1) is 0 Å². The second kappa shape index (κ2) is 7.90. The number of carboxylic acids is 1. The van der Waals surface area contributed by atoms with E-state index in [2.05, 4.69) is 15.3 Å². The minimum atomic E-state index is -3.41. The Balaban J connectivity index is 1.83. The van der Waals surface area contributed by atoms with E-state index in [1.807, 2.05) is 6.07 Å². The van der Waals surface area contributed by atoms with Crippen molar-refractivity contribution in [3.63, 3.8) is 0 Å². The average Bonchev–Trinajstić information content (AvgIpc) is 2.67. The minimum Gasteiger partial charge on any atom is -0.477 e. The third-order valence-electron chi connectivity index (χ3n) is 4.12. The van der Waals surface area contributed by atoms with Crippen LogP contribution in [0.4, 0.5) is 0 Å². The molecule has 2 aromatic rings. The number of sulfonamides is 1. The number of aryl methyl sites for hydroxylation is 1. The van der Waals surface area contributed by atoms with Gasteiger partial charge in [0.2, 0.25) is 10.0 Å². The summed E-state index contributed by atoms with van der Waals surface area (Å²) < 4.78 is 26.4. The van der Waals surface area contributed by atoms with E-state index < -0.39 is 16.0 Å². The van der Waals surface area contributed by atoms with Crippen LogP contribution in [0.1, 0.15) is 16.2 Å². The Bertz CT molecular complexity index is 881. The molecule has 138 valence electrons. The molecule has 8 nitrogen and oxygen atoms in total. The summed E-state index contributed by atoms with van der Waals surface area (Å²) in [6.45, 7) is 2.16. The molecule has 0 radical (unpaired) electrons. The predicted octanol–water partition coefficient (Wildman–Crippen LogP) is 0.619. The molecule has 2 N–H and O–H groups in total. The fraction of sp³-hybridized carbons (Fsp3) is 0.353. The van der Waals surface area contributed by atoms with Crippen LogP contribution in [0.5, 0.6) is 0 Å². The fourth-order valence-corrected chi connectivity index (χ4v) is 4.20. The number of hydrogen-bond acceptors (Lipinski definition) is 6. The molecule has 1 aromatic carbocycles. The number of nitrogens with one attached hydrogen (secondary N) is 1. The van der Waals surface area contributed by atoms with Crippen LogP contribution < -0.4 is 5.32 Å². The summed E-state index contributed by atoms with van der Waals surface area (Å²) in [4.78, 5) is 19.8. The van der Waals surface area contributed by atoms with Gasteiger partial charge in [0, 0.05) is 43.9 Å². The van der Waals surface area contributed by atoms with E-state index in [-0.39, 0.29) is 23.7 Å². The molecule has 1 aliphatic heterocycles. The molecule has 3 rings (SSSR count). The lowest BCUT2D eigenvalue weighted by molar-refractivity contribution is 0.0690. The summed E-state index contributed by atoms with van der Waals surface area (Å²) in [6.07, 6.45) is 0.134. The molecule has 2 heterocycles. The van der Waals surface area contributed by atoms with Gasteiger partial charge < -0.3 is 10.4 Å². The monoisotopic (exact) mass is 376 g/mol. The largest absolute Gasteiger partial charge is 0.477 e. The lowest BCUT2D eigenvalue weighted by Crippen LogP contribution is -2.47. The smallest absolute Gasteiger partial charge is 0.354 e. The van der Waals surface area contributed by atoms with E-state index in [9.17, 15) is 18.3 Å². The summed E-state index contributed by atoms with van der Waals surface area (Å²) in [7, 11) is -3.41. The third kappa shape index (κ3) is 4.43. The number of nitrogens with zero attached hydrogens (tertiary/aromatic N) is 3. The van der Waals surface area contributed by atoms with Crippen LogP contribution >= 0.6 is 0 Å². The van der Waals surface area contributed by atoms with E-state index in [4.69, 9.17) is 0 Å². The number of rotatable bonds is 6. The van der Waals surface area contributed by atoms with Gasteiger partial charge >= 0.3 is 5.97 Å². The Morgan fingerprint density at radius 1 is 1.15 bits per heavy atom. The summed E-state index contributed by atoms with van der Waals surface area (Å²) in [5, 5.41) is 12.4. The van der Waals surface area contributed by atoms with Crippen LogP contribution in [0.25, 0.3) is 11.4 Å². The number of piperazine rings is 1. The van der Waals surface area contributed by atoms with Crippen molar-refractivity contribution in [2.45, 2.75) is 6.42 Å². The van der Waals surface area contributed by atoms with Gasteiger partial charge in [0.25, 0.3) is 0 Å². The summed E-state index contributed by atoms with van der Waals surface area (Å²) in [5.74, 6) is -1.01. The molecular formula is C17H20N4O4S. The van der Waals surface area contributed by atoms with Gasteiger partial charge in [0.15, 0.2) is 11.5 Å². The van der Waals surface area contributed by atoms with Gasteiger partial charge in [-0.15, -0.1) is 0 Å². The highest BCUT2D eigenvalue weighted by Gasteiger charge is 2.24. The second-order valence-corrected chi connectivity index (χ2v) is 8.04. The maximum Gasteiger partial charge on any atom is 0.354 e. The normalized spacial score (nSPS) is 15.7. The Morgan fingerprint density at radius 2 is 1.85 bits per heavy atom. The number of hydrogen-bond donors (Lipinski definition) is 2. The molecule has 1 saturated heterocycles. The molecule has 0 aliphatic carbocycles. The van der Waals surface area contributed by atoms with Crippen molar-refractivity contribution in [1.82, 2.24) is 19.6 Å². The van der Waals surface area contributed by atoms with Gasteiger partial charge in [-0.25, -0.2) is 23.2 Å². The van der Waals surface area contributed by atoms with E-state index in [0.717, 1.165) is 0 Å². The zero-order valence-corrected chi connectivity index (χ0v) is 14.9. The maximum atomic E-state index is 12.5. The molecule has 0 unspecified atom stereocenters. The number of benzene rings is 1. The molecule has 1 aromatic heterocycles. The van der Waals surface area contributed by atoms with E-state index in [1.54, 1.807) is 24.3 Å². The van der Waals surface area contributed by atoms with E-state index in [0.29, 0.717) is 37.4 Å². The maximum absolute atomic E-state index is 12.5. The van der Waals surface area contributed by atoms with Crippen LogP contribution in [0.3, 0.4) is 0 Å². The van der Waals surface area contributed by atoms with Gasteiger partial charge in [-0.2, -0.15) is 4.31 Å². The zero-order chi connectivity index (χ0) is 18.6. The topological polar surface area (TPSA) is 112 Å². The van der Waals surface area contributed by atoms with Crippen LogP contribution in [0.2, 0.25) is 0 Å². The third-order valence-corrected chi connectivity index (χ3v) is 5.99. The highest BCUT2D eigenvalue weighted by atomic mass is 32.2. The first-order valence-corrected chi connectivity index (χ1v) is 9.92. The van der Waals surface area contributed by atoms with Gasteiger partial charge in [-0.05, 0) is 6.07 Å². The second-order valence-electron chi connectivity index (χ2n) is 5.95. The average molecular weight is 376 g/mol. The van der Waals surface area contributed by atoms with Crippen molar-refractivity contribution >= 4 is 16.0 Å². The molecule has 26 heavy (non-hydrogen) atoms. The Kier molecular flexibility index (Phi) is 5.60. The van der Waals surface area contributed by atoms with Gasteiger partial charge in [0.1, 0.15) is 0 Å². The first kappa shape index (κ1) is 18.4. The summed E-state index contributed by atoms with van der Waals surface area (Å²) in [5.41, 5.74) is 0.935. The number of carbonyl (C=O) groups is 1. The van der Waals surface area contributed by atoms with Gasteiger partial charge in [-0.1, -0.05) is 30.3 Å². The van der Waals surface area contributed by atoms with Crippen LogP contribution in [-0.4, -0.2) is 65.7 Å². The fourth-order valence-electron chi connectivity index (χ4n) is 2.74. The van der Waals surface area contributed by atoms with Crippen molar-refractivity contribution in [2.75, 3.05) is 31.9 Å². The molecule has 0 bridgehead atoms. The van der Waals surface area contributed by atoms with Crippen molar-refractivity contribution < 1.29 is 18.3 Å². The molecule has 0 atom stereocenters. The quantitative estimate of drug-likeness (QED) is 0.760. The Hall–Kier alpha value is -2.36. The molecule has 0 saturated carbocycles. The molecule has 1 aliphatic rings. The van der Waals surface area contributed by atoms with Gasteiger partial charge in [-0.3, -0.25) is 0 Å². The molecular weight excluding hydrogens is 356 g/mol. The van der Waals surface area contributed by atoms with Crippen LogP contribution in [-0.2, 0) is 16.4 Å². The standard InChI is InChI=1S/C17H20N4O4S/c22-17(23)15-12-14(19-16(20-15)13-4-2-1-3-5-13)6-11-26(24,25)21-9-7-18-8-10-21/h1-5,12,18H,6-11H2,(H,22,23). The zero-order valence-electron chi connectivity index (χ0n) is 14.1. The molecule has 9 heteroatoms. The first-order chi connectivity index (χ1) is 12.5.